The zero-order chi connectivity index (χ0) is 13.4. The summed E-state index contributed by atoms with van der Waals surface area (Å²) < 4.78 is 11.0. The Bertz CT molecular complexity index is 331. The number of hydrogen-bond acceptors (Lipinski definition) is 4. The molecule has 0 fully saturated rings. The first-order valence-corrected chi connectivity index (χ1v) is 7.45. The minimum Gasteiger partial charge on any atom is -0.353 e. The van der Waals surface area contributed by atoms with Gasteiger partial charge in [-0.05, 0) is 45.4 Å². The molecule has 0 saturated heterocycles. The molecule has 0 radical (unpaired) electrons. The molecular weight excluding hydrogens is 246 g/mol. The third-order valence-electron chi connectivity index (χ3n) is 2.38. The standard InChI is InChI=1S/C14H23NO2S/c1-5-16-14(17-6-2)7-8-18-13-10-11(3)9-12(4)15-13/h9-10,14H,5-8H2,1-4H3. The molecule has 0 aromatic carbocycles. The molecule has 0 N–H and O–H groups in total. The Kier molecular flexibility index (Phi) is 7.32. The van der Waals surface area contributed by atoms with Crippen molar-refractivity contribution in [2.24, 2.45) is 0 Å². The number of rotatable bonds is 8. The first-order chi connectivity index (χ1) is 8.65. The topological polar surface area (TPSA) is 31.4 Å². The van der Waals surface area contributed by atoms with Crippen LogP contribution in [-0.4, -0.2) is 30.2 Å². The molecule has 0 saturated carbocycles. The third kappa shape index (κ3) is 5.85. The maximum absolute atomic E-state index is 5.51. The molecule has 1 rings (SSSR count). The van der Waals surface area contributed by atoms with Crippen molar-refractivity contribution in [3.05, 3.63) is 23.4 Å². The van der Waals surface area contributed by atoms with Crippen LogP contribution in [0.5, 0.6) is 0 Å². The lowest BCUT2D eigenvalue weighted by molar-refractivity contribution is -0.136. The van der Waals surface area contributed by atoms with Gasteiger partial charge in [0, 0.05) is 31.1 Å². The quantitative estimate of drug-likeness (QED) is 0.533. The van der Waals surface area contributed by atoms with E-state index in [0.717, 1.165) is 22.9 Å². The number of hydrogen-bond donors (Lipinski definition) is 0. The van der Waals surface area contributed by atoms with Crippen molar-refractivity contribution in [1.82, 2.24) is 4.98 Å². The first-order valence-electron chi connectivity index (χ1n) is 6.47. The van der Waals surface area contributed by atoms with Crippen LogP contribution >= 0.6 is 11.8 Å². The van der Waals surface area contributed by atoms with Gasteiger partial charge in [0.2, 0.25) is 0 Å². The molecule has 0 spiro atoms. The lowest BCUT2D eigenvalue weighted by atomic mass is 10.3. The van der Waals surface area contributed by atoms with E-state index in [-0.39, 0.29) is 6.29 Å². The van der Waals surface area contributed by atoms with Gasteiger partial charge in [-0.1, -0.05) is 0 Å². The van der Waals surface area contributed by atoms with Gasteiger partial charge in [0.05, 0.1) is 5.03 Å². The average molecular weight is 269 g/mol. The van der Waals surface area contributed by atoms with Crippen molar-refractivity contribution in [2.75, 3.05) is 19.0 Å². The number of aromatic nitrogens is 1. The molecule has 0 aliphatic carbocycles. The SMILES string of the molecule is CCOC(CCSc1cc(C)cc(C)n1)OCC. The van der Waals surface area contributed by atoms with E-state index in [1.54, 1.807) is 11.8 Å². The van der Waals surface area contributed by atoms with Crippen LogP contribution in [0.3, 0.4) is 0 Å². The highest BCUT2D eigenvalue weighted by molar-refractivity contribution is 7.99. The highest BCUT2D eigenvalue weighted by Gasteiger charge is 2.08. The highest BCUT2D eigenvalue weighted by Crippen LogP contribution is 2.19. The van der Waals surface area contributed by atoms with Gasteiger partial charge >= 0.3 is 0 Å². The number of nitrogens with zero attached hydrogens (tertiary/aromatic N) is 1. The lowest BCUT2D eigenvalue weighted by Crippen LogP contribution is -2.18. The maximum atomic E-state index is 5.51. The summed E-state index contributed by atoms with van der Waals surface area (Å²) in [5.74, 6) is 0.959. The second-order valence-electron chi connectivity index (χ2n) is 4.10. The Morgan fingerprint density at radius 2 is 1.83 bits per heavy atom. The summed E-state index contributed by atoms with van der Waals surface area (Å²) in [5.41, 5.74) is 2.33. The molecule has 0 unspecified atom stereocenters. The summed E-state index contributed by atoms with van der Waals surface area (Å²) in [7, 11) is 0. The Labute approximate surface area is 114 Å². The lowest BCUT2D eigenvalue weighted by Gasteiger charge is -2.16. The largest absolute Gasteiger partial charge is 0.353 e. The number of pyridine rings is 1. The third-order valence-corrected chi connectivity index (χ3v) is 3.33. The Morgan fingerprint density at radius 3 is 2.39 bits per heavy atom. The van der Waals surface area contributed by atoms with Gasteiger partial charge < -0.3 is 9.47 Å². The van der Waals surface area contributed by atoms with Crippen LogP contribution in [0, 0.1) is 13.8 Å². The molecule has 18 heavy (non-hydrogen) atoms. The average Bonchev–Trinajstić information content (AvgIpc) is 2.28. The van der Waals surface area contributed by atoms with E-state index in [2.05, 4.69) is 24.0 Å². The summed E-state index contributed by atoms with van der Waals surface area (Å²) in [5, 5.41) is 1.08. The second kappa shape index (κ2) is 8.51. The van der Waals surface area contributed by atoms with Crippen molar-refractivity contribution < 1.29 is 9.47 Å². The summed E-state index contributed by atoms with van der Waals surface area (Å²) in [4.78, 5) is 4.50. The van der Waals surface area contributed by atoms with E-state index in [0.29, 0.717) is 13.2 Å². The van der Waals surface area contributed by atoms with Crippen LogP contribution in [0.4, 0.5) is 0 Å². The Hall–Kier alpha value is -0.580. The molecule has 1 aromatic heterocycles. The minimum atomic E-state index is -0.0848. The number of thioether (sulfide) groups is 1. The zero-order valence-corrected chi connectivity index (χ0v) is 12.5. The van der Waals surface area contributed by atoms with E-state index in [1.165, 1.54) is 5.56 Å². The summed E-state index contributed by atoms with van der Waals surface area (Å²) in [6, 6.07) is 4.21. The first kappa shape index (κ1) is 15.5. The van der Waals surface area contributed by atoms with Gasteiger partial charge in [0.15, 0.2) is 6.29 Å². The molecule has 1 aromatic rings. The van der Waals surface area contributed by atoms with Gasteiger partial charge in [-0.25, -0.2) is 4.98 Å². The van der Waals surface area contributed by atoms with Crippen molar-refractivity contribution in [1.29, 1.82) is 0 Å². The van der Waals surface area contributed by atoms with E-state index in [1.807, 2.05) is 20.8 Å². The summed E-state index contributed by atoms with van der Waals surface area (Å²) in [6.07, 6.45) is 0.805. The zero-order valence-electron chi connectivity index (χ0n) is 11.7. The number of ether oxygens (including phenoxy) is 2. The van der Waals surface area contributed by atoms with Crippen molar-refractivity contribution in [3.63, 3.8) is 0 Å². The van der Waals surface area contributed by atoms with Crippen molar-refractivity contribution >= 4 is 11.8 Å². The monoisotopic (exact) mass is 269 g/mol. The van der Waals surface area contributed by atoms with E-state index in [9.17, 15) is 0 Å². The van der Waals surface area contributed by atoms with Crippen LogP contribution in [0.1, 0.15) is 31.5 Å². The molecule has 0 aliphatic rings. The van der Waals surface area contributed by atoms with Gasteiger partial charge in [0.1, 0.15) is 0 Å². The molecule has 0 amide bonds. The van der Waals surface area contributed by atoms with Gasteiger partial charge in [-0.3, -0.25) is 0 Å². The number of aryl methyl sites for hydroxylation is 2. The fraction of sp³-hybridized carbons (Fsp3) is 0.643. The Balaban J connectivity index is 2.39. The second-order valence-corrected chi connectivity index (χ2v) is 5.22. The molecule has 4 heteroatoms. The highest BCUT2D eigenvalue weighted by atomic mass is 32.2. The van der Waals surface area contributed by atoms with E-state index < -0.39 is 0 Å². The minimum absolute atomic E-state index is 0.0848. The van der Waals surface area contributed by atoms with E-state index >= 15 is 0 Å². The van der Waals surface area contributed by atoms with Gasteiger partial charge in [0.25, 0.3) is 0 Å². The fourth-order valence-electron chi connectivity index (χ4n) is 1.72. The van der Waals surface area contributed by atoms with Crippen LogP contribution in [0.15, 0.2) is 17.2 Å². The van der Waals surface area contributed by atoms with Gasteiger partial charge in [-0.2, -0.15) is 0 Å². The summed E-state index contributed by atoms with van der Waals surface area (Å²) >= 11 is 1.76. The molecule has 0 aliphatic heterocycles. The normalized spacial score (nSPS) is 11.2. The predicted octanol–water partition coefficient (Wildman–Crippen LogP) is 3.58. The molecule has 0 bridgehead atoms. The maximum Gasteiger partial charge on any atom is 0.158 e. The van der Waals surface area contributed by atoms with Crippen LogP contribution < -0.4 is 0 Å². The smallest absolute Gasteiger partial charge is 0.158 e. The predicted molar refractivity (Wildman–Crippen MR) is 76.1 cm³/mol. The molecule has 1 heterocycles. The Morgan fingerprint density at radius 1 is 1.17 bits per heavy atom. The molecule has 102 valence electrons. The molecule has 0 atom stereocenters. The fourth-order valence-corrected chi connectivity index (χ4v) is 2.72. The van der Waals surface area contributed by atoms with Crippen molar-refractivity contribution in [2.45, 2.75) is 45.4 Å². The summed E-state index contributed by atoms with van der Waals surface area (Å²) in [6.45, 7) is 9.49. The van der Waals surface area contributed by atoms with Crippen LogP contribution in [-0.2, 0) is 9.47 Å². The molecule has 3 nitrogen and oxygen atoms in total. The van der Waals surface area contributed by atoms with Gasteiger partial charge in [-0.15, -0.1) is 11.8 Å². The van der Waals surface area contributed by atoms with Crippen molar-refractivity contribution in [3.8, 4) is 0 Å². The molecular formula is C14H23NO2S. The van der Waals surface area contributed by atoms with Crippen LogP contribution in [0.2, 0.25) is 0 Å². The van der Waals surface area contributed by atoms with Crippen LogP contribution in [0.25, 0.3) is 0 Å². The van der Waals surface area contributed by atoms with E-state index in [4.69, 9.17) is 9.47 Å².